The van der Waals surface area contributed by atoms with Gasteiger partial charge in [0, 0.05) is 18.0 Å². The van der Waals surface area contributed by atoms with Crippen LogP contribution in [-0.2, 0) is 13.0 Å². The van der Waals surface area contributed by atoms with Gasteiger partial charge in [0.25, 0.3) is 11.5 Å². The second kappa shape index (κ2) is 7.83. The van der Waals surface area contributed by atoms with Gasteiger partial charge in [0.1, 0.15) is 0 Å². The number of nitrogens with zero attached hydrogens (tertiary/aromatic N) is 1. The van der Waals surface area contributed by atoms with Gasteiger partial charge in [-0.15, -0.1) is 0 Å². The monoisotopic (exact) mass is 346 g/mol. The molecule has 0 atom stereocenters. The van der Waals surface area contributed by atoms with Crippen molar-refractivity contribution in [1.82, 2.24) is 4.57 Å². The minimum absolute atomic E-state index is 0.126. The van der Waals surface area contributed by atoms with Gasteiger partial charge in [0.05, 0.1) is 12.1 Å². The molecule has 0 aliphatic heterocycles. The van der Waals surface area contributed by atoms with Crippen molar-refractivity contribution in [2.45, 2.75) is 26.8 Å². The highest BCUT2D eigenvalue weighted by molar-refractivity contribution is 6.04. The van der Waals surface area contributed by atoms with E-state index in [1.54, 1.807) is 16.8 Å². The van der Waals surface area contributed by atoms with Crippen LogP contribution in [0.3, 0.4) is 0 Å². The van der Waals surface area contributed by atoms with Crippen molar-refractivity contribution < 1.29 is 4.79 Å². The minimum Gasteiger partial charge on any atom is -0.322 e. The van der Waals surface area contributed by atoms with Gasteiger partial charge in [-0.05, 0) is 42.2 Å². The van der Waals surface area contributed by atoms with E-state index in [0.717, 1.165) is 28.8 Å². The average molecular weight is 346 g/mol. The summed E-state index contributed by atoms with van der Waals surface area (Å²) in [5.74, 6) is -0.218. The van der Waals surface area contributed by atoms with Crippen LogP contribution >= 0.6 is 0 Å². The van der Waals surface area contributed by atoms with Crippen LogP contribution in [0.2, 0.25) is 0 Å². The van der Waals surface area contributed by atoms with Crippen molar-refractivity contribution in [3.63, 3.8) is 0 Å². The molecular weight excluding hydrogens is 324 g/mol. The summed E-state index contributed by atoms with van der Waals surface area (Å²) in [6, 6.07) is 18.7. The number of aryl methyl sites for hydroxylation is 2. The molecule has 0 saturated carbocycles. The predicted molar refractivity (Wildman–Crippen MR) is 105 cm³/mol. The number of para-hydroxylation sites is 1. The quantitative estimate of drug-likeness (QED) is 0.758. The molecule has 4 nitrogen and oxygen atoms in total. The molecular formula is C22H22N2O2. The number of hydrogen-bond acceptors (Lipinski definition) is 2. The zero-order valence-corrected chi connectivity index (χ0v) is 15.0. The lowest BCUT2D eigenvalue weighted by Crippen LogP contribution is -2.23. The fourth-order valence-corrected chi connectivity index (χ4v) is 2.91. The lowest BCUT2D eigenvalue weighted by molar-refractivity contribution is 0.102. The van der Waals surface area contributed by atoms with Crippen LogP contribution in [0.5, 0.6) is 0 Å². The number of aromatic nitrogens is 1. The third-order valence-corrected chi connectivity index (χ3v) is 4.49. The number of amides is 1. The maximum Gasteiger partial charge on any atom is 0.257 e. The van der Waals surface area contributed by atoms with Crippen molar-refractivity contribution in [2.75, 3.05) is 5.32 Å². The fourth-order valence-electron chi connectivity index (χ4n) is 2.91. The van der Waals surface area contributed by atoms with Gasteiger partial charge in [-0.25, -0.2) is 0 Å². The van der Waals surface area contributed by atoms with Gasteiger partial charge < -0.3 is 9.88 Å². The first kappa shape index (κ1) is 17.7. The summed E-state index contributed by atoms with van der Waals surface area (Å²) < 4.78 is 1.57. The number of pyridine rings is 1. The molecule has 0 bridgehead atoms. The Labute approximate surface area is 153 Å². The third kappa shape index (κ3) is 3.91. The molecule has 3 rings (SSSR count). The van der Waals surface area contributed by atoms with Gasteiger partial charge in [-0.3, -0.25) is 9.59 Å². The highest BCUT2D eigenvalue weighted by Crippen LogP contribution is 2.16. The average Bonchev–Trinajstić information content (AvgIpc) is 2.65. The molecule has 0 aliphatic rings. The summed E-state index contributed by atoms with van der Waals surface area (Å²) in [7, 11) is 0. The Kier molecular flexibility index (Phi) is 5.32. The Morgan fingerprint density at radius 1 is 0.962 bits per heavy atom. The smallest absolute Gasteiger partial charge is 0.257 e. The fraction of sp³-hybridized carbons (Fsp3) is 0.182. The van der Waals surface area contributed by atoms with Crippen LogP contribution in [0.1, 0.15) is 34.0 Å². The molecule has 0 aliphatic carbocycles. The molecule has 1 aromatic heterocycles. The van der Waals surface area contributed by atoms with E-state index in [1.807, 2.05) is 62.4 Å². The molecule has 0 unspecified atom stereocenters. The van der Waals surface area contributed by atoms with Gasteiger partial charge in [-0.2, -0.15) is 0 Å². The molecule has 3 aromatic rings. The Hall–Kier alpha value is -3.14. The Bertz CT molecular complexity index is 989. The van der Waals surface area contributed by atoms with E-state index in [1.165, 1.54) is 6.07 Å². The summed E-state index contributed by atoms with van der Waals surface area (Å²) >= 11 is 0. The number of carbonyl (C=O) groups excluding carboxylic acids is 1. The molecule has 26 heavy (non-hydrogen) atoms. The third-order valence-electron chi connectivity index (χ3n) is 4.49. The molecule has 132 valence electrons. The first-order valence-electron chi connectivity index (χ1n) is 8.72. The Morgan fingerprint density at radius 3 is 2.38 bits per heavy atom. The van der Waals surface area contributed by atoms with Gasteiger partial charge >= 0.3 is 0 Å². The van der Waals surface area contributed by atoms with Gasteiger partial charge in [-0.1, -0.05) is 49.4 Å². The van der Waals surface area contributed by atoms with E-state index in [4.69, 9.17) is 0 Å². The SMILES string of the molecule is CCc1ccccc1NC(=O)c1ccc(=O)n(Cc2ccccc2C)c1. The summed E-state index contributed by atoms with van der Waals surface area (Å²) in [4.78, 5) is 24.8. The molecule has 0 saturated heterocycles. The van der Waals surface area contributed by atoms with Gasteiger partial charge in [0.15, 0.2) is 0 Å². The maximum absolute atomic E-state index is 12.6. The van der Waals surface area contributed by atoms with Crippen molar-refractivity contribution in [1.29, 1.82) is 0 Å². The van der Waals surface area contributed by atoms with E-state index >= 15 is 0 Å². The van der Waals surface area contributed by atoms with E-state index in [9.17, 15) is 9.59 Å². The van der Waals surface area contributed by atoms with Crippen LogP contribution in [-0.4, -0.2) is 10.5 Å². The molecule has 0 radical (unpaired) electrons. The van der Waals surface area contributed by atoms with Crippen molar-refractivity contribution in [3.8, 4) is 0 Å². The Morgan fingerprint density at radius 2 is 1.65 bits per heavy atom. The number of carbonyl (C=O) groups is 1. The van der Waals surface area contributed by atoms with Crippen LogP contribution in [0, 0.1) is 6.92 Å². The highest BCUT2D eigenvalue weighted by atomic mass is 16.2. The second-order valence-electron chi connectivity index (χ2n) is 6.28. The van der Waals surface area contributed by atoms with Gasteiger partial charge in [0.2, 0.25) is 0 Å². The first-order chi connectivity index (χ1) is 12.6. The number of anilines is 1. The van der Waals surface area contributed by atoms with Crippen LogP contribution in [0.25, 0.3) is 0 Å². The first-order valence-corrected chi connectivity index (χ1v) is 8.72. The molecule has 1 amide bonds. The van der Waals surface area contributed by atoms with Crippen LogP contribution in [0.4, 0.5) is 5.69 Å². The second-order valence-corrected chi connectivity index (χ2v) is 6.28. The normalized spacial score (nSPS) is 10.5. The lowest BCUT2D eigenvalue weighted by atomic mass is 10.1. The van der Waals surface area contributed by atoms with E-state index in [0.29, 0.717) is 12.1 Å². The van der Waals surface area contributed by atoms with E-state index in [-0.39, 0.29) is 11.5 Å². The summed E-state index contributed by atoms with van der Waals surface area (Å²) in [5, 5.41) is 2.95. The van der Waals surface area contributed by atoms with Crippen molar-refractivity contribution >= 4 is 11.6 Å². The zero-order valence-electron chi connectivity index (χ0n) is 15.0. The Balaban J connectivity index is 1.86. The van der Waals surface area contributed by atoms with Crippen molar-refractivity contribution in [2.24, 2.45) is 0 Å². The maximum atomic E-state index is 12.6. The molecule has 1 heterocycles. The minimum atomic E-state index is -0.218. The predicted octanol–water partition coefficient (Wildman–Crippen LogP) is 4.02. The summed E-state index contributed by atoms with van der Waals surface area (Å²) in [6.07, 6.45) is 2.46. The summed E-state index contributed by atoms with van der Waals surface area (Å²) in [5.41, 5.74) is 4.39. The van der Waals surface area contributed by atoms with Crippen LogP contribution in [0.15, 0.2) is 71.7 Å². The number of nitrogens with one attached hydrogen (secondary N) is 1. The molecule has 1 N–H and O–H groups in total. The van der Waals surface area contributed by atoms with Crippen molar-refractivity contribution in [3.05, 3.63) is 99.5 Å². The zero-order chi connectivity index (χ0) is 18.5. The summed E-state index contributed by atoms with van der Waals surface area (Å²) in [6.45, 7) is 4.50. The molecule has 2 aromatic carbocycles. The molecule has 0 fully saturated rings. The topological polar surface area (TPSA) is 51.1 Å². The number of benzene rings is 2. The number of rotatable bonds is 5. The van der Waals surface area contributed by atoms with Crippen LogP contribution < -0.4 is 10.9 Å². The standard InChI is InChI=1S/C22H22N2O2/c1-3-17-9-6-7-11-20(17)23-22(26)19-12-13-21(25)24(15-19)14-18-10-5-4-8-16(18)2/h4-13,15H,3,14H2,1-2H3,(H,23,26). The molecule has 4 heteroatoms. The largest absolute Gasteiger partial charge is 0.322 e. The van der Waals surface area contributed by atoms with E-state index in [2.05, 4.69) is 5.32 Å². The molecule has 0 spiro atoms. The highest BCUT2D eigenvalue weighted by Gasteiger charge is 2.10. The number of hydrogen-bond donors (Lipinski definition) is 1. The van der Waals surface area contributed by atoms with E-state index < -0.39 is 0 Å². The lowest BCUT2D eigenvalue weighted by Gasteiger charge is -2.12.